The molecule has 2 radical (unpaired) electrons. The molecule has 0 atom stereocenters. The van der Waals surface area contributed by atoms with Gasteiger partial charge in [0.1, 0.15) is 20.2 Å². The first kappa shape index (κ1) is 19.0. The molecule has 0 spiro atoms. The van der Waals surface area contributed by atoms with Gasteiger partial charge in [0.15, 0.2) is 0 Å². The number of rotatable bonds is 4. The molecule has 1 aliphatic rings. The second-order valence-corrected chi connectivity index (χ2v) is 6.47. The van der Waals surface area contributed by atoms with Crippen LogP contribution in [0.3, 0.4) is 0 Å². The summed E-state index contributed by atoms with van der Waals surface area (Å²) in [5.74, 6) is -0.260. The third kappa shape index (κ3) is 4.92. The van der Waals surface area contributed by atoms with E-state index in [4.69, 9.17) is 21.9 Å². The molecule has 1 saturated heterocycles. The van der Waals surface area contributed by atoms with Gasteiger partial charge < -0.3 is 14.0 Å². The molecule has 0 aliphatic carbocycles. The van der Waals surface area contributed by atoms with E-state index in [9.17, 15) is 9.59 Å². The van der Waals surface area contributed by atoms with Crippen LogP contribution in [0.4, 0.5) is 0 Å². The van der Waals surface area contributed by atoms with Crippen LogP contribution in [0, 0.1) is 6.92 Å². The van der Waals surface area contributed by atoms with Crippen LogP contribution in [-0.2, 0) is 25.5 Å². The number of likely N-dealkylation sites (N-methyl/N-ethyl adjacent to an activating group) is 1. The minimum atomic E-state index is -1.05. The molecule has 1 heterocycles. The molecule has 0 N–H and O–H groups in total. The number of carbonyl (C=O) groups excluding carboxylic acids is 2. The Kier molecular flexibility index (Phi) is 5.86. The molecule has 0 bridgehead atoms. The Morgan fingerprint density at radius 1 is 1.07 bits per heavy atom. The van der Waals surface area contributed by atoms with Gasteiger partial charge in [0.2, 0.25) is 0 Å². The van der Waals surface area contributed by atoms with Crippen molar-refractivity contribution in [2.45, 2.75) is 13.5 Å². The molecule has 27 heavy (non-hydrogen) atoms. The third-order valence-electron chi connectivity index (χ3n) is 4.31. The highest BCUT2D eigenvalue weighted by Crippen LogP contribution is 2.13. The van der Waals surface area contributed by atoms with Gasteiger partial charge in [-0.2, -0.15) is 0 Å². The third-order valence-corrected chi connectivity index (χ3v) is 4.31. The van der Waals surface area contributed by atoms with Crippen LogP contribution in [0.15, 0.2) is 42.5 Å². The average molecular weight is 363 g/mol. The van der Waals surface area contributed by atoms with E-state index in [0.29, 0.717) is 17.8 Å². The van der Waals surface area contributed by atoms with Crippen molar-refractivity contribution in [2.75, 3.05) is 20.1 Å². The van der Waals surface area contributed by atoms with Crippen LogP contribution >= 0.6 is 0 Å². The molecule has 136 valence electrons. The fourth-order valence-corrected chi connectivity index (χ4v) is 2.71. The fraction of sp³-hybridized carbons (Fsp3) is 0.263. The molecule has 1 fully saturated rings. The zero-order valence-electron chi connectivity index (χ0n) is 15.3. The van der Waals surface area contributed by atoms with Gasteiger partial charge in [-0.05, 0) is 31.7 Å². The summed E-state index contributed by atoms with van der Waals surface area (Å²) < 4.78 is 16.3. The number of nitrogens with zero attached hydrogens (tertiary/aromatic N) is 1. The zero-order chi connectivity index (χ0) is 19.4. The molecule has 0 unspecified atom stereocenters. The number of hydrogen-bond acceptors (Lipinski definition) is 6. The Hall–Kier alpha value is -2.73. The number of carbonyl (C=O) groups is 2. The first-order chi connectivity index (χ1) is 12.9. The van der Waals surface area contributed by atoms with E-state index in [2.05, 4.69) is 0 Å². The maximum atomic E-state index is 11.8. The molecule has 2 aromatic carbocycles. The van der Waals surface area contributed by atoms with Gasteiger partial charge in [0, 0.05) is 5.46 Å². The lowest BCUT2D eigenvalue weighted by Crippen LogP contribution is -2.47. The van der Waals surface area contributed by atoms with Gasteiger partial charge in [0.25, 0.3) is 0 Å². The minimum Gasteiger partial charge on any atom is -0.494 e. The predicted molar refractivity (Wildman–Crippen MR) is 102 cm³/mol. The van der Waals surface area contributed by atoms with Crippen molar-refractivity contribution in [1.82, 2.24) is 4.90 Å². The second kappa shape index (κ2) is 8.31. The topological polar surface area (TPSA) is 65.1 Å². The van der Waals surface area contributed by atoms with Crippen molar-refractivity contribution < 1.29 is 23.6 Å². The van der Waals surface area contributed by atoms with Crippen LogP contribution in [-0.4, -0.2) is 51.9 Å². The number of benzene rings is 2. The molecule has 2 aromatic rings. The second-order valence-electron chi connectivity index (χ2n) is 6.47. The van der Waals surface area contributed by atoms with Gasteiger partial charge in [-0.3, -0.25) is 14.5 Å². The van der Waals surface area contributed by atoms with Crippen LogP contribution < -0.4 is 15.7 Å². The highest BCUT2D eigenvalue weighted by Gasteiger charge is 2.33. The van der Waals surface area contributed by atoms with Crippen LogP contribution in [0.5, 0.6) is 5.75 Å². The van der Waals surface area contributed by atoms with Crippen molar-refractivity contribution in [1.29, 1.82) is 0 Å². The number of hydrogen-bond donors (Lipinski definition) is 0. The lowest BCUT2D eigenvalue weighted by Gasteiger charge is -2.22. The summed E-state index contributed by atoms with van der Waals surface area (Å²) in [6.45, 7) is 2.40. The summed E-state index contributed by atoms with van der Waals surface area (Å²) in [7, 11) is 6.50. The van der Waals surface area contributed by atoms with Crippen molar-refractivity contribution in [3.05, 3.63) is 53.6 Å². The molecular weight excluding hydrogens is 344 g/mol. The maximum absolute atomic E-state index is 11.8. The van der Waals surface area contributed by atoms with Crippen molar-refractivity contribution in [2.24, 2.45) is 0 Å². The van der Waals surface area contributed by atoms with Crippen LogP contribution in [0.25, 0.3) is 0 Å². The van der Waals surface area contributed by atoms with Gasteiger partial charge in [-0.25, -0.2) is 0 Å². The molecule has 0 amide bonds. The zero-order valence-corrected chi connectivity index (χ0v) is 15.3. The lowest BCUT2D eigenvalue weighted by atomic mass is 9.78. The summed E-state index contributed by atoms with van der Waals surface area (Å²) in [6, 6.07) is 12.6. The predicted octanol–water partition coefficient (Wildman–Crippen LogP) is 0.0948. The Morgan fingerprint density at radius 2 is 1.70 bits per heavy atom. The summed E-state index contributed by atoms with van der Waals surface area (Å²) in [6.07, 6.45) is 0. The van der Waals surface area contributed by atoms with Crippen molar-refractivity contribution >= 4 is 37.8 Å². The summed E-state index contributed by atoms with van der Waals surface area (Å²) in [5, 5.41) is 0. The van der Waals surface area contributed by atoms with Crippen molar-refractivity contribution in [3.8, 4) is 5.75 Å². The van der Waals surface area contributed by atoms with Gasteiger partial charge in [0.05, 0.1) is 13.1 Å². The Bertz CT molecular complexity index is 820. The monoisotopic (exact) mass is 363 g/mol. The Labute approximate surface area is 160 Å². The van der Waals surface area contributed by atoms with Crippen LogP contribution in [0.1, 0.15) is 11.1 Å². The first-order valence-corrected chi connectivity index (χ1v) is 8.56. The van der Waals surface area contributed by atoms with E-state index in [1.165, 1.54) is 4.90 Å². The normalized spacial score (nSPS) is 15.6. The van der Waals surface area contributed by atoms with E-state index in [0.717, 1.165) is 16.6 Å². The smallest absolute Gasteiger partial charge is 0.494 e. The summed E-state index contributed by atoms with van der Waals surface area (Å²) >= 11 is 0. The quantitative estimate of drug-likeness (QED) is 0.718. The lowest BCUT2D eigenvalue weighted by molar-refractivity contribution is -0.145. The molecular formula is C19H19B2NO5. The summed E-state index contributed by atoms with van der Waals surface area (Å²) in [4.78, 5) is 25.2. The van der Waals surface area contributed by atoms with E-state index in [-0.39, 0.29) is 13.1 Å². The molecule has 8 heteroatoms. The van der Waals surface area contributed by atoms with E-state index < -0.39 is 19.1 Å². The molecule has 6 nitrogen and oxygen atoms in total. The molecule has 0 saturated carbocycles. The highest BCUT2D eigenvalue weighted by molar-refractivity contribution is 6.64. The summed E-state index contributed by atoms with van der Waals surface area (Å²) in [5.41, 5.74) is 3.29. The van der Waals surface area contributed by atoms with Crippen LogP contribution in [0.2, 0.25) is 0 Å². The Morgan fingerprint density at radius 3 is 2.33 bits per heavy atom. The minimum absolute atomic E-state index is 0.0341. The van der Waals surface area contributed by atoms with Crippen molar-refractivity contribution in [3.63, 3.8) is 0 Å². The Balaban J connectivity index is 1.66. The van der Waals surface area contributed by atoms with Gasteiger partial charge in [-0.15, -0.1) is 0 Å². The van der Waals surface area contributed by atoms with E-state index in [1.54, 1.807) is 31.3 Å². The number of ether oxygens (including phenoxy) is 1. The van der Waals surface area contributed by atoms with Gasteiger partial charge in [-0.1, -0.05) is 41.4 Å². The maximum Gasteiger partial charge on any atom is 0.636 e. The standard InChI is InChI=1S/C19H19B2NO5/c1-13-14(4-3-5-17(13)20)12-25-16-8-6-15(7-9-16)21-26-18(23)10-22(2)11-19(24)27-21/h3-9H,10-12H2,1-2H3. The highest BCUT2D eigenvalue weighted by atomic mass is 16.6. The van der Waals surface area contributed by atoms with Gasteiger partial charge >= 0.3 is 19.1 Å². The van der Waals surface area contributed by atoms with E-state index >= 15 is 0 Å². The average Bonchev–Trinajstić information content (AvgIpc) is 2.61. The molecule has 0 aromatic heterocycles. The molecule has 1 aliphatic heterocycles. The largest absolute Gasteiger partial charge is 0.636 e. The SMILES string of the molecule is [B]c1cccc(COc2ccc(B3OC(=O)CN(C)CC(=O)O3)cc2)c1C. The first-order valence-electron chi connectivity index (χ1n) is 8.56. The fourth-order valence-electron chi connectivity index (χ4n) is 2.71. The molecule has 3 rings (SSSR count). The van der Waals surface area contributed by atoms with E-state index in [1.807, 2.05) is 25.1 Å².